The minimum Gasteiger partial charge on any atom is -0.480 e. The molecule has 0 aliphatic rings. The normalized spacial score (nSPS) is 10.8. The number of pyridine rings is 2. The summed E-state index contributed by atoms with van der Waals surface area (Å²) in [4.78, 5) is 31.1. The second-order valence-electron chi connectivity index (χ2n) is 8.61. The van der Waals surface area contributed by atoms with E-state index in [-0.39, 0.29) is 0 Å². The fourth-order valence-corrected chi connectivity index (χ4v) is 4.23. The molecule has 6 heteroatoms. The van der Waals surface area contributed by atoms with Crippen LogP contribution in [0.3, 0.4) is 0 Å². The smallest absolute Gasteiger partial charge is 0.224 e. The van der Waals surface area contributed by atoms with Crippen LogP contribution in [0.4, 0.5) is 0 Å². The standard InChI is InChI=1S/C32H28N2O4.C2H6/c1-21-23(11-15-27-17-13-25(19-35)31(33-27)37-3)7-5-9-29(21)30-10-6-8-24(22(30)2)12-16-28-18-14-26(20-36)32(34-28)38-4;1-2/h5-20H,1-4H3;1-2H3/b15-11+,16-12+;. The molecule has 4 rings (SSSR count). The second-order valence-corrected chi connectivity index (χ2v) is 8.61. The molecule has 2 aromatic heterocycles. The van der Waals surface area contributed by atoms with Gasteiger partial charge in [0.1, 0.15) is 0 Å². The van der Waals surface area contributed by atoms with Gasteiger partial charge in [0.05, 0.1) is 36.7 Å². The number of aldehydes is 2. The number of hydrogen-bond donors (Lipinski definition) is 0. The van der Waals surface area contributed by atoms with Crippen LogP contribution in [0.5, 0.6) is 11.8 Å². The molecule has 0 aliphatic heterocycles. The van der Waals surface area contributed by atoms with Gasteiger partial charge in [0.25, 0.3) is 0 Å². The molecule has 0 N–H and O–H groups in total. The first-order valence-corrected chi connectivity index (χ1v) is 13.0. The van der Waals surface area contributed by atoms with E-state index in [0.29, 0.717) is 34.3 Å². The number of ether oxygens (including phenoxy) is 2. The zero-order valence-electron chi connectivity index (χ0n) is 23.8. The molecule has 0 amide bonds. The van der Waals surface area contributed by atoms with E-state index >= 15 is 0 Å². The highest BCUT2D eigenvalue weighted by molar-refractivity contribution is 5.83. The number of methoxy groups -OCH3 is 2. The van der Waals surface area contributed by atoms with Gasteiger partial charge in [0.2, 0.25) is 11.8 Å². The van der Waals surface area contributed by atoms with Gasteiger partial charge in [-0.2, -0.15) is 0 Å². The molecule has 0 spiro atoms. The highest BCUT2D eigenvalue weighted by Gasteiger charge is 2.10. The lowest BCUT2D eigenvalue weighted by Crippen LogP contribution is -1.95. The van der Waals surface area contributed by atoms with E-state index in [9.17, 15) is 9.59 Å². The molecule has 0 atom stereocenters. The lowest BCUT2D eigenvalue weighted by molar-refractivity contribution is 0.111. The molecule has 0 fully saturated rings. The summed E-state index contributed by atoms with van der Waals surface area (Å²) in [6.45, 7) is 8.20. The topological polar surface area (TPSA) is 78.4 Å². The SMILES string of the molecule is CC.COc1nc(/C=C/c2cccc(-c3cccc(/C=C/c4ccc(C=O)c(OC)n4)c3C)c2C)ccc1C=O. The molecule has 2 aromatic carbocycles. The van der Waals surface area contributed by atoms with Crippen LogP contribution >= 0.6 is 0 Å². The average molecular weight is 535 g/mol. The van der Waals surface area contributed by atoms with Crippen molar-refractivity contribution in [3.63, 3.8) is 0 Å². The van der Waals surface area contributed by atoms with E-state index in [4.69, 9.17) is 9.47 Å². The number of carbonyl (C=O) groups is 2. The Morgan fingerprint density at radius 2 is 0.950 bits per heavy atom. The minimum atomic E-state index is 0.307. The van der Waals surface area contributed by atoms with Crippen molar-refractivity contribution in [2.75, 3.05) is 14.2 Å². The number of carbonyl (C=O) groups excluding carboxylic acids is 2. The van der Waals surface area contributed by atoms with E-state index in [1.165, 1.54) is 14.2 Å². The van der Waals surface area contributed by atoms with Gasteiger partial charge in [-0.1, -0.05) is 62.4 Å². The Morgan fingerprint density at radius 1 is 0.550 bits per heavy atom. The van der Waals surface area contributed by atoms with Crippen molar-refractivity contribution >= 4 is 36.9 Å². The van der Waals surface area contributed by atoms with Crippen LogP contribution in [0.25, 0.3) is 35.4 Å². The van der Waals surface area contributed by atoms with Gasteiger partial charge in [0, 0.05) is 0 Å². The third-order valence-corrected chi connectivity index (χ3v) is 6.37. The Morgan fingerprint density at radius 3 is 1.30 bits per heavy atom. The van der Waals surface area contributed by atoms with Crippen molar-refractivity contribution in [2.45, 2.75) is 27.7 Å². The minimum absolute atomic E-state index is 0.307. The van der Waals surface area contributed by atoms with Gasteiger partial charge in [0.15, 0.2) is 12.6 Å². The van der Waals surface area contributed by atoms with E-state index in [0.717, 1.165) is 46.0 Å². The van der Waals surface area contributed by atoms with Crippen LogP contribution in [-0.2, 0) is 0 Å². The molecule has 0 saturated carbocycles. The lowest BCUT2D eigenvalue weighted by atomic mass is 9.91. The van der Waals surface area contributed by atoms with Crippen molar-refractivity contribution in [3.8, 4) is 22.9 Å². The van der Waals surface area contributed by atoms with E-state index in [2.05, 4.69) is 48.1 Å². The van der Waals surface area contributed by atoms with Crippen LogP contribution in [-0.4, -0.2) is 36.8 Å². The Kier molecular flexibility index (Phi) is 10.7. The van der Waals surface area contributed by atoms with Crippen LogP contribution < -0.4 is 9.47 Å². The summed E-state index contributed by atoms with van der Waals surface area (Å²) in [7, 11) is 3.00. The summed E-state index contributed by atoms with van der Waals surface area (Å²) in [6, 6.07) is 19.4. The van der Waals surface area contributed by atoms with Crippen molar-refractivity contribution in [3.05, 3.63) is 105 Å². The Labute approximate surface area is 236 Å². The maximum Gasteiger partial charge on any atom is 0.224 e. The Hall–Kier alpha value is -4.84. The van der Waals surface area contributed by atoms with Gasteiger partial charge in [-0.25, -0.2) is 9.97 Å². The summed E-state index contributed by atoms with van der Waals surface area (Å²) in [6.07, 6.45) is 9.31. The number of hydrogen-bond acceptors (Lipinski definition) is 6. The number of benzene rings is 2. The number of nitrogens with zero attached hydrogens (tertiary/aromatic N) is 2. The summed E-state index contributed by atoms with van der Waals surface area (Å²) in [5, 5.41) is 0. The highest BCUT2D eigenvalue weighted by Crippen LogP contribution is 2.31. The first-order chi connectivity index (χ1) is 19.5. The summed E-state index contributed by atoms with van der Waals surface area (Å²) in [5.41, 5.74) is 8.91. The molecular formula is C34H34N2O4. The zero-order chi connectivity index (χ0) is 29.1. The molecule has 0 bridgehead atoms. The zero-order valence-corrected chi connectivity index (χ0v) is 23.8. The molecular weight excluding hydrogens is 500 g/mol. The summed E-state index contributed by atoms with van der Waals surface area (Å²) < 4.78 is 10.4. The highest BCUT2D eigenvalue weighted by atomic mass is 16.5. The first kappa shape index (κ1) is 29.7. The van der Waals surface area contributed by atoms with Crippen LogP contribution in [0, 0.1) is 13.8 Å². The summed E-state index contributed by atoms with van der Waals surface area (Å²) >= 11 is 0. The van der Waals surface area contributed by atoms with E-state index < -0.39 is 0 Å². The lowest BCUT2D eigenvalue weighted by Gasteiger charge is -2.14. The fraction of sp³-hybridized carbons (Fsp3) is 0.176. The fourth-order valence-electron chi connectivity index (χ4n) is 4.23. The Bertz CT molecular complexity index is 1440. The molecule has 0 unspecified atom stereocenters. The Balaban J connectivity index is 0.00000216. The second kappa shape index (κ2) is 14.4. The molecule has 2 heterocycles. The molecule has 40 heavy (non-hydrogen) atoms. The maximum atomic E-state index is 11.1. The van der Waals surface area contributed by atoms with Gasteiger partial charge >= 0.3 is 0 Å². The molecule has 0 aliphatic carbocycles. The predicted octanol–water partition coefficient (Wildman–Crippen LogP) is 7.77. The third kappa shape index (κ3) is 6.77. The quantitative estimate of drug-likeness (QED) is 0.204. The van der Waals surface area contributed by atoms with Crippen LogP contribution in [0.2, 0.25) is 0 Å². The average Bonchev–Trinajstić information content (AvgIpc) is 3.00. The predicted molar refractivity (Wildman–Crippen MR) is 163 cm³/mol. The van der Waals surface area contributed by atoms with Crippen molar-refractivity contribution < 1.29 is 19.1 Å². The van der Waals surface area contributed by atoms with Gasteiger partial charge < -0.3 is 9.47 Å². The van der Waals surface area contributed by atoms with E-state index in [1.807, 2.05) is 50.3 Å². The van der Waals surface area contributed by atoms with E-state index in [1.54, 1.807) is 24.3 Å². The van der Waals surface area contributed by atoms with Crippen molar-refractivity contribution in [1.82, 2.24) is 9.97 Å². The van der Waals surface area contributed by atoms with Crippen molar-refractivity contribution in [2.24, 2.45) is 0 Å². The molecule has 0 saturated heterocycles. The largest absolute Gasteiger partial charge is 0.480 e. The molecule has 4 aromatic rings. The van der Waals surface area contributed by atoms with Gasteiger partial charge in [-0.05, 0) is 83.6 Å². The van der Waals surface area contributed by atoms with Crippen LogP contribution in [0.15, 0.2) is 60.7 Å². The molecule has 0 radical (unpaired) electrons. The monoisotopic (exact) mass is 534 g/mol. The number of aromatic nitrogens is 2. The molecule has 204 valence electrons. The number of rotatable bonds is 9. The first-order valence-electron chi connectivity index (χ1n) is 13.0. The van der Waals surface area contributed by atoms with Gasteiger partial charge in [-0.3, -0.25) is 9.59 Å². The van der Waals surface area contributed by atoms with Crippen LogP contribution in [0.1, 0.15) is 68.2 Å². The van der Waals surface area contributed by atoms with Crippen molar-refractivity contribution in [1.29, 1.82) is 0 Å². The maximum absolute atomic E-state index is 11.1. The molecule has 6 nitrogen and oxygen atoms in total. The summed E-state index contributed by atoms with van der Waals surface area (Å²) in [5.74, 6) is 0.614. The van der Waals surface area contributed by atoms with Gasteiger partial charge in [-0.15, -0.1) is 0 Å². The third-order valence-electron chi connectivity index (χ3n) is 6.37.